The van der Waals surface area contributed by atoms with Crippen LogP contribution in [0, 0.1) is 0 Å². The number of benzene rings is 1. The quantitative estimate of drug-likeness (QED) is 0.643. The van der Waals surface area contributed by atoms with Gasteiger partial charge in [0.1, 0.15) is 0 Å². The summed E-state index contributed by atoms with van der Waals surface area (Å²) < 4.78 is 0. The molecule has 0 amide bonds. The van der Waals surface area contributed by atoms with Crippen LogP contribution in [0.2, 0.25) is 0 Å². The van der Waals surface area contributed by atoms with E-state index in [9.17, 15) is 0 Å². The number of rotatable bonds is 6. The highest BCUT2D eigenvalue weighted by Crippen LogP contribution is 2.15. The molecular weight excluding hydrogens is 280 g/mol. The Balaban J connectivity index is 1.84. The van der Waals surface area contributed by atoms with Gasteiger partial charge < -0.3 is 5.11 Å². The molecule has 1 aliphatic rings. The number of hydrogen-bond donors (Lipinski definition) is 1. The summed E-state index contributed by atoms with van der Waals surface area (Å²) in [4.78, 5) is 5.74. The van der Waals surface area contributed by atoms with Crippen LogP contribution in [-0.2, 0) is 0 Å². The van der Waals surface area contributed by atoms with E-state index in [0.29, 0.717) is 5.92 Å². The first kappa shape index (κ1) is 16.6. The minimum Gasteiger partial charge on any atom is -0.395 e. The first-order valence-electron chi connectivity index (χ1n) is 7.79. The maximum atomic E-state index is 8.96. The molecule has 0 unspecified atom stereocenters. The molecule has 0 bridgehead atoms. The Morgan fingerprint density at radius 3 is 2.19 bits per heavy atom. The molecule has 1 fully saturated rings. The minimum atomic E-state index is 0.251. The standard InChI is InChI=1S/C17H26N2OS/c1-14(2)15-3-5-16(6-4-15)17(21)13-19-9-7-18(8-10-19)11-12-20/h3-6,14,20H,7-13H2,1-2H3. The lowest BCUT2D eigenvalue weighted by Gasteiger charge is -2.34. The molecule has 21 heavy (non-hydrogen) atoms. The fourth-order valence-corrected chi connectivity index (χ4v) is 2.98. The van der Waals surface area contributed by atoms with Crippen molar-refractivity contribution in [3.8, 4) is 0 Å². The van der Waals surface area contributed by atoms with Crippen molar-refractivity contribution >= 4 is 17.1 Å². The molecule has 0 spiro atoms. The summed E-state index contributed by atoms with van der Waals surface area (Å²) in [6, 6.07) is 8.68. The van der Waals surface area contributed by atoms with E-state index in [-0.39, 0.29) is 6.61 Å². The molecule has 2 rings (SSSR count). The zero-order valence-corrected chi connectivity index (χ0v) is 13.9. The zero-order chi connectivity index (χ0) is 15.2. The molecular formula is C17H26N2OS. The molecule has 116 valence electrons. The second-order valence-corrected chi connectivity index (χ2v) is 6.53. The van der Waals surface area contributed by atoms with Gasteiger partial charge in [-0.3, -0.25) is 9.80 Å². The van der Waals surface area contributed by atoms with Gasteiger partial charge in [-0.05, 0) is 17.0 Å². The SMILES string of the molecule is CC(C)c1ccc(C(=S)CN2CCN(CCO)CC2)cc1. The van der Waals surface area contributed by atoms with E-state index in [4.69, 9.17) is 17.3 Å². The summed E-state index contributed by atoms with van der Waals surface area (Å²) >= 11 is 5.60. The van der Waals surface area contributed by atoms with Crippen LogP contribution in [0.3, 0.4) is 0 Å². The third kappa shape index (κ3) is 4.85. The highest BCUT2D eigenvalue weighted by atomic mass is 32.1. The van der Waals surface area contributed by atoms with Crippen molar-refractivity contribution in [2.24, 2.45) is 0 Å². The third-order valence-electron chi connectivity index (χ3n) is 4.15. The maximum Gasteiger partial charge on any atom is 0.0558 e. The van der Waals surface area contributed by atoms with E-state index in [1.54, 1.807) is 0 Å². The normalized spacial score (nSPS) is 17.3. The molecule has 0 radical (unpaired) electrons. The predicted octanol–water partition coefficient (Wildman–Crippen LogP) is 2.14. The van der Waals surface area contributed by atoms with Crippen molar-refractivity contribution < 1.29 is 5.11 Å². The topological polar surface area (TPSA) is 26.7 Å². The van der Waals surface area contributed by atoms with Gasteiger partial charge in [-0.15, -0.1) is 0 Å². The van der Waals surface area contributed by atoms with Gasteiger partial charge in [-0.1, -0.05) is 50.3 Å². The van der Waals surface area contributed by atoms with Crippen LogP contribution in [0.25, 0.3) is 0 Å². The predicted molar refractivity (Wildman–Crippen MR) is 92.2 cm³/mol. The lowest BCUT2D eigenvalue weighted by atomic mass is 10.0. The lowest BCUT2D eigenvalue weighted by Crippen LogP contribution is -2.48. The highest BCUT2D eigenvalue weighted by Gasteiger charge is 2.17. The van der Waals surface area contributed by atoms with Crippen molar-refractivity contribution in [2.75, 3.05) is 45.9 Å². The zero-order valence-electron chi connectivity index (χ0n) is 13.1. The van der Waals surface area contributed by atoms with E-state index in [1.165, 1.54) is 11.1 Å². The van der Waals surface area contributed by atoms with Crippen molar-refractivity contribution in [2.45, 2.75) is 19.8 Å². The Morgan fingerprint density at radius 2 is 1.67 bits per heavy atom. The Labute approximate surface area is 133 Å². The largest absolute Gasteiger partial charge is 0.395 e. The Kier molecular flexibility index (Phi) is 6.30. The highest BCUT2D eigenvalue weighted by molar-refractivity contribution is 7.80. The van der Waals surface area contributed by atoms with Gasteiger partial charge >= 0.3 is 0 Å². The number of thiocarbonyl (C=S) groups is 1. The average molecular weight is 306 g/mol. The number of nitrogens with zero attached hydrogens (tertiary/aromatic N) is 2. The number of piperazine rings is 1. The van der Waals surface area contributed by atoms with Crippen molar-refractivity contribution in [1.29, 1.82) is 0 Å². The minimum absolute atomic E-state index is 0.251. The van der Waals surface area contributed by atoms with Crippen LogP contribution in [0.4, 0.5) is 0 Å². The molecule has 3 nitrogen and oxygen atoms in total. The van der Waals surface area contributed by atoms with E-state index in [1.807, 2.05) is 0 Å². The molecule has 0 saturated carbocycles. The third-order valence-corrected chi connectivity index (χ3v) is 4.51. The molecule has 1 saturated heterocycles. The van der Waals surface area contributed by atoms with Gasteiger partial charge in [0.2, 0.25) is 0 Å². The number of aliphatic hydroxyl groups is 1. The van der Waals surface area contributed by atoms with Crippen molar-refractivity contribution in [3.63, 3.8) is 0 Å². The van der Waals surface area contributed by atoms with Crippen LogP contribution in [0.15, 0.2) is 24.3 Å². The van der Waals surface area contributed by atoms with Gasteiger partial charge in [0, 0.05) is 44.1 Å². The summed E-state index contributed by atoms with van der Waals surface area (Å²) in [6.07, 6.45) is 0. The van der Waals surface area contributed by atoms with E-state index >= 15 is 0 Å². The van der Waals surface area contributed by atoms with Gasteiger partial charge in [-0.2, -0.15) is 0 Å². The van der Waals surface area contributed by atoms with E-state index in [2.05, 4.69) is 47.9 Å². The van der Waals surface area contributed by atoms with Crippen molar-refractivity contribution in [1.82, 2.24) is 9.80 Å². The number of β-amino-alcohol motifs (C(OH)–C–C–N with tert-alkyl or cyclic N) is 1. The number of aliphatic hydroxyl groups excluding tert-OH is 1. The lowest BCUT2D eigenvalue weighted by molar-refractivity contribution is 0.122. The summed E-state index contributed by atoms with van der Waals surface area (Å²) in [7, 11) is 0. The van der Waals surface area contributed by atoms with Crippen LogP contribution in [-0.4, -0.2) is 65.6 Å². The molecule has 1 heterocycles. The molecule has 1 aromatic carbocycles. The fraction of sp³-hybridized carbons (Fsp3) is 0.588. The van der Waals surface area contributed by atoms with Gasteiger partial charge in [0.15, 0.2) is 0 Å². The van der Waals surface area contributed by atoms with Crippen LogP contribution in [0.5, 0.6) is 0 Å². The maximum absolute atomic E-state index is 8.96. The summed E-state index contributed by atoms with van der Waals surface area (Å²) in [5.74, 6) is 0.562. The fourth-order valence-electron chi connectivity index (χ4n) is 2.66. The molecule has 0 aliphatic carbocycles. The Bertz CT molecular complexity index is 450. The summed E-state index contributed by atoms with van der Waals surface area (Å²) in [5.41, 5.74) is 2.53. The Morgan fingerprint density at radius 1 is 1.10 bits per heavy atom. The van der Waals surface area contributed by atoms with Gasteiger partial charge in [0.05, 0.1) is 6.61 Å². The monoisotopic (exact) mass is 306 g/mol. The first-order valence-corrected chi connectivity index (χ1v) is 8.19. The second kappa shape index (κ2) is 7.99. The summed E-state index contributed by atoms with van der Waals surface area (Å²) in [5, 5.41) is 8.96. The molecule has 1 N–H and O–H groups in total. The van der Waals surface area contributed by atoms with Crippen LogP contribution in [0.1, 0.15) is 30.9 Å². The van der Waals surface area contributed by atoms with E-state index in [0.717, 1.165) is 44.1 Å². The van der Waals surface area contributed by atoms with Crippen LogP contribution >= 0.6 is 12.2 Å². The van der Waals surface area contributed by atoms with Crippen molar-refractivity contribution in [3.05, 3.63) is 35.4 Å². The van der Waals surface area contributed by atoms with Gasteiger partial charge in [-0.25, -0.2) is 0 Å². The molecule has 4 heteroatoms. The second-order valence-electron chi connectivity index (χ2n) is 6.04. The first-order chi connectivity index (χ1) is 10.1. The number of hydrogen-bond acceptors (Lipinski definition) is 4. The summed E-state index contributed by atoms with van der Waals surface area (Å²) in [6.45, 7) is 10.4. The molecule has 0 aromatic heterocycles. The van der Waals surface area contributed by atoms with Gasteiger partial charge in [0.25, 0.3) is 0 Å². The smallest absolute Gasteiger partial charge is 0.0558 e. The molecule has 1 aliphatic heterocycles. The molecule has 0 atom stereocenters. The Hall–Kier alpha value is -0.810. The van der Waals surface area contributed by atoms with E-state index < -0.39 is 0 Å². The molecule has 1 aromatic rings. The van der Waals surface area contributed by atoms with Crippen LogP contribution < -0.4 is 0 Å². The average Bonchev–Trinajstić information content (AvgIpc) is 2.49.